The highest BCUT2D eigenvalue weighted by Crippen LogP contribution is 2.37. The molecule has 2 saturated heterocycles. The molecule has 2 aliphatic rings. The zero-order valence-corrected chi connectivity index (χ0v) is 41.1. The van der Waals surface area contributed by atoms with Gasteiger partial charge in [-0.3, -0.25) is 0 Å². The van der Waals surface area contributed by atoms with Gasteiger partial charge in [-0.05, 0) is 66.7 Å². The summed E-state index contributed by atoms with van der Waals surface area (Å²) in [5.74, 6) is 2.67. The second-order valence-corrected chi connectivity index (χ2v) is 21.3. The Hall–Kier alpha value is -4.08. The third kappa shape index (κ3) is 10.6. The quantitative estimate of drug-likeness (QED) is 0.115. The average Bonchev–Trinajstić information content (AvgIpc) is 4.02. The predicted molar refractivity (Wildman–Crippen MR) is 256 cm³/mol. The number of rotatable bonds is 12. The molecular weight excluding hydrogens is 987 g/mol. The molecule has 2 fully saturated rings. The lowest BCUT2D eigenvalue weighted by Crippen LogP contribution is -2.48. The molecular formula is C42H42Cl4N6O8S4. The molecule has 14 nitrogen and oxygen atoms in total. The molecule has 340 valence electrons. The van der Waals surface area contributed by atoms with Gasteiger partial charge in [-0.15, -0.1) is 22.7 Å². The number of hydrogen-bond donors (Lipinski definition) is 0. The lowest BCUT2D eigenvalue weighted by atomic mass is 10.1. The fraction of sp³-hybridized carbons (Fsp3) is 0.286. The van der Waals surface area contributed by atoms with E-state index in [2.05, 4.69) is 9.80 Å². The van der Waals surface area contributed by atoms with Gasteiger partial charge in [0, 0.05) is 90.4 Å². The van der Waals surface area contributed by atoms with Crippen LogP contribution in [0.2, 0.25) is 20.1 Å². The first-order valence-corrected chi connectivity index (χ1v) is 25.6. The third-order valence-corrected chi connectivity index (χ3v) is 17.4. The molecule has 0 amide bonds. The summed E-state index contributed by atoms with van der Waals surface area (Å²) in [5.41, 5.74) is 3.44. The van der Waals surface area contributed by atoms with Crippen molar-refractivity contribution in [3.63, 3.8) is 0 Å². The molecule has 64 heavy (non-hydrogen) atoms. The van der Waals surface area contributed by atoms with Crippen molar-refractivity contribution in [2.75, 3.05) is 90.6 Å². The van der Waals surface area contributed by atoms with Gasteiger partial charge in [-0.2, -0.15) is 8.61 Å². The Labute approximate surface area is 400 Å². The van der Waals surface area contributed by atoms with Gasteiger partial charge >= 0.3 is 0 Å². The molecule has 0 aliphatic carbocycles. The molecule has 0 saturated carbocycles. The molecule has 2 aromatic heterocycles. The van der Waals surface area contributed by atoms with E-state index in [0.29, 0.717) is 85.4 Å². The minimum absolute atomic E-state index is 0.0311. The van der Waals surface area contributed by atoms with Crippen molar-refractivity contribution >= 4 is 99.4 Å². The topological polar surface area (TPSA) is 144 Å². The van der Waals surface area contributed by atoms with Crippen molar-refractivity contribution in [3.8, 4) is 45.5 Å². The minimum atomic E-state index is -3.73. The SMILES string of the molecule is COc1cc(OC)cc(-c2csc(N3CCN(S(=O)(=O)c4cc(Cl)ccc4Cl)CC3)n2)c1.COc1ccc(-c2csc(N3CCN(S(=O)(=O)c4cc(Cl)ccc4Cl)CC3)n2)cc1OC. The summed E-state index contributed by atoms with van der Waals surface area (Å²) >= 11 is 27.3. The molecule has 8 rings (SSSR count). The first-order valence-electron chi connectivity index (χ1n) is 19.4. The maximum atomic E-state index is 13.0. The van der Waals surface area contributed by atoms with Crippen LogP contribution >= 0.6 is 69.1 Å². The summed E-state index contributed by atoms with van der Waals surface area (Å²) in [6.45, 7) is 3.40. The van der Waals surface area contributed by atoms with Crippen LogP contribution in [0.15, 0.2) is 93.3 Å². The maximum absolute atomic E-state index is 13.0. The van der Waals surface area contributed by atoms with Crippen LogP contribution in [0.1, 0.15) is 0 Å². The largest absolute Gasteiger partial charge is 0.497 e. The second-order valence-electron chi connectivity index (χ2n) is 14.1. The molecule has 2 aliphatic heterocycles. The van der Waals surface area contributed by atoms with Gasteiger partial charge in [-0.1, -0.05) is 46.4 Å². The van der Waals surface area contributed by atoms with Gasteiger partial charge in [0.15, 0.2) is 21.8 Å². The van der Waals surface area contributed by atoms with Gasteiger partial charge in [0.2, 0.25) is 20.0 Å². The van der Waals surface area contributed by atoms with Crippen LogP contribution in [-0.4, -0.2) is 116 Å². The fourth-order valence-electron chi connectivity index (χ4n) is 6.90. The highest BCUT2D eigenvalue weighted by molar-refractivity contribution is 7.89. The molecule has 6 aromatic rings. The molecule has 4 aromatic carbocycles. The zero-order chi connectivity index (χ0) is 45.8. The van der Waals surface area contributed by atoms with E-state index >= 15 is 0 Å². The van der Waals surface area contributed by atoms with Crippen molar-refractivity contribution < 1.29 is 35.8 Å². The van der Waals surface area contributed by atoms with E-state index in [-0.39, 0.29) is 19.8 Å². The van der Waals surface area contributed by atoms with Crippen LogP contribution in [0.3, 0.4) is 0 Å². The lowest BCUT2D eigenvalue weighted by molar-refractivity contribution is 0.355. The Bertz CT molecular complexity index is 2810. The van der Waals surface area contributed by atoms with E-state index in [4.69, 9.17) is 75.3 Å². The molecule has 0 unspecified atom stereocenters. The second kappa shape index (κ2) is 20.6. The van der Waals surface area contributed by atoms with Crippen LogP contribution in [0.4, 0.5) is 10.3 Å². The average molecular weight is 1030 g/mol. The Balaban J connectivity index is 0.000000191. The third-order valence-electron chi connectivity index (χ3n) is 10.4. The Morgan fingerprint density at radius 1 is 0.500 bits per heavy atom. The molecule has 0 spiro atoms. The van der Waals surface area contributed by atoms with E-state index in [1.807, 2.05) is 47.2 Å². The van der Waals surface area contributed by atoms with Crippen LogP contribution in [0.5, 0.6) is 23.0 Å². The van der Waals surface area contributed by atoms with Crippen molar-refractivity contribution in [1.29, 1.82) is 0 Å². The summed E-state index contributed by atoms with van der Waals surface area (Å²) < 4.78 is 76.4. The number of benzene rings is 4. The number of anilines is 2. The lowest BCUT2D eigenvalue weighted by Gasteiger charge is -2.34. The molecule has 4 heterocycles. The number of piperazine rings is 2. The Morgan fingerprint density at radius 2 is 0.938 bits per heavy atom. The number of thiazole rings is 2. The highest BCUT2D eigenvalue weighted by atomic mass is 35.5. The number of nitrogens with zero attached hydrogens (tertiary/aromatic N) is 6. The van der Waals surface area contributed by atoms with Gasteiger partial charge in [0.05, 0.1) is 49.9 Å². The van der Waals surface area contributed by atoms with Gasteiger partial charge in [0.25, 0.3) is 0 Å². The maximum Gasteiger partial charge on any atom is 0.244 e. The van der Waals surface area contributed by atoms with Crippen molar-refractivity contribution in [2.24, 2.45) is 0 Å². The molecule has 0 bridgehead atoms. The number of halogens is 4. The number of sulfonamides is 2. The van der Waals surface area contributed by atoms with E-state index in [9.17, 15) is 16.8 Å². The van der Waals surface area contributed by atoms with Crippen LogP contribution in [-0.2, 0) is 20.0 Å². The number of hydrogen-bond acceptors (Lipinski definition) is 14. The summed E-state index contributed by atoms with van der Waals surface area (Å²) in [5, 5.41) is 6.61. The van der Waals surface area contributed by atoms with E-state index in [1.54, 1.807) is 40.6 Å². The van der Waals surface area contributed by atoms with E-state index in [1.165, 1.54) is 55.5 Å². The van der Waals surface area contributed by atoms with Gasteiger partial charge in [-0.25, -0.2) is 26.8 Å². The monoisotopic (exact) mass is 1030 g/mol. The number of methoxy groups -OCH3 is 4. The van der Waals surface area contributed by atoms with E-state index < -0.39 is 20.0 Å². The van der Waals surface area contributed by atoms with Crippen molar-refractivity contribution in [2.45, 2.75) is 9.79 Å². The molecule has 22 heteroatoms. The van der Waals surface area contributed by atoms with Gasteiger partial charge < -0.3 is 28.7 Å². The minimum Gasteiger partial charge on any atom is -0.497 e. The first-order chi connectivity index (χ1) is 30.6. The Kier molecular flexibility index (Phi) is 15.4. The highest BCUT2D eigenvalue weighted by Gasteiger charge is 2.33. The van der Waals surface area contributed by atoms with Crippen LogP contribution < -0.4 is 28.7 Å². The number of ether oxygens (including phenoxy) is 4. The fourth-order valence-corrected chi connectivity index (χ4v) is 13.0. The molecule has 0 atom stereocenters. The summed E-state index contributed by atoms with van der Waals surface area (Å²) in [6, 6.07) is 20.2. The Morgan fingerprint density at radius 3 is 1.36 bits per heavy atom. The summed E-state index contributed by atoms with van der Waals surface area (Å²) in [4.78, 5) is 13.7. The van der Waals surface area contributed by atoms with Crippen LogP contribution in [0.25, 0.3) is 22.5 Å². The summed E-state index contributed by atoms with van der Waals surface area (Å²) in [6.07, 6.45) is 0. The normalized spacial score (nSPS) is 15.1. The van der Waals surface area contributed by atoms with Crippen molar-refractivity contribution in [1.82, 2.24) is 18.6 Å². The first kappa shape index (κ1) is 47.9. The number of aromatic nitrogens is 2. The standard InChI is InChI=1S/2C21H21Cl2N3O4S2/c1-29-18-6-3-14(11-19(18)30-2)17-13-31-21(24-17)25-7-9-26(10-8-25)32(27,28)20-12-15(22)4-5-16(20)23;1-29-16-9-14(10-17(12-16)30-2)19-13-31-21(24-19)25-5-7-26(8-6-25)32(27,28)20-11-15(22)3-4-18(20)23/h3-6,11-13H,7-10H2,1-2H3;3-4,9-13H,5-8H2,1-2H3. The smallest absolute Gasteiger partial charge is 0.244 e. The van der Waals surface area contributed by atoms with Crippen molar-refractivity contribution in [3.05, 3.63) is 104 Å². The predicted octanol–water partition coefficient (Wildman–Crippen LogP) is 9.29. The van der Waals surface area contributed by atoms with Gasteiger partial charge in [0.1, 0.15) is 21.3 Å². The van der Waals surface area contributed by atoms with Crippen LogP contribution in [0, 0.1) is 0 Å². The molecule has 0 N–H and O–H groups in total. The summed E-state index contributed by atoms with van der Waals surface area (Å²) in [7, 11) is -1.05. The van der Waals surface area contributed by atoms with E-state index in [0.717, 1.165) is 32.8 Å². The molecule has 0 radical (unpaired) electrons. The zero-order valence-electron chi connectivity index (χ0n) is 34.8.